The molecule has 0 bridgehead atoms. The molecule has 0 aliphatic rings. The van der Waals surface area contributed by atoms with Gasteiger partial charge in [0.05, 0.1) is 6.61 Å². The molecule has 0 unspecified atom stereocenters. The Hall–Kier alpha value is -2.19. The molecule has 2 heteroatoms. The van der Waals surface area contributed by atoms with Crippen molar-refractivity contribution in [1.29, 1.82) is 0 Å². The highest BCUT2D eigenvalue weighted by atomic mass is 16.2. The van der Waals surface area contributed by atoms with Gasteiger partial charge < -0.3 is 5.11 Å². The molecule has 0 aliphatic heterocycles. The predicted molar refractivity (Wildman–Crippen MR) is 82.6 cm³/mol. The van der Waals surface area contributed by atoms with Crippen LogP contribution in [0.1, 0.15) is 29.8 Å². The zero-order valence-corrected chi connectivity index (χ0v) is 11.8. The van der Waals surface area contributed by atoms with Gasteiger partial charge in [-0.05, 0) is 42.2 Å². The van der Waals surface area contributed by atoms with Crippen molar-refractivity contribution in [1.82, 2.24) is 0 Å². The Morgan fingerprint density at radius 3 is 2.30 bits per heavy atom. The highest BCUT2D eigenvalue weighted by molar-refractivity contribution is 5.95. The topological polar surface area (TPSA) is 37.3 Å². The van der Waals surface area contributed by atoms with Gasteiger partial charge in [-0.1, -0.05) is 48.5 Å². The van der Waals surface area contributed by atoms with Crippen LogP contribution in [0.4, 0.5) is 0 Å². The maximum atomic E-state index is 11.4. The standard InChI is InChI=1S/C18H18O2/c1-13(10-11-19)15-6-8-16(9-7-15)18-5-3-4-17(12-18)14(2)20/h3-10,12,19H,11H2,1-2H3/b13-10-. The quantitative estimate of drug-likeness (QED) is 0.851. The molecule has 0 fully saturated rings. The van der Waals surface area contributed by atoms with Gasteiger partial charge >= 0.3 is 0 Å². The first-order valence-corrected chi connectivity index (χ1v) is 6.61. The zero-order valence-electron chi connectivity index (χ0n) is 11.8. The Morgan fingerprint density at radius 2 is 1.70 bits per heavy atom. The number of allylic oxidation sites excluding steroid dienone is 1. The van der Waals surface area contributed by atoms with Crippen molar-refractivity contribution in [2.24, 2.45) is 0 Å². The summed E-state index contributed by atoms with van der Waals surface area (Å²) in [5.74, 6) is 0.0743. The number of carbonyl (C=O) groups excluding carboxylic acids is 1. The number of benzene rings is 2. The lowest BCUT2D eigenvalue weighted by atomic mass is 9.99. The van der Waals surface area contributed by atoms with Gasteiger partial charge in [0.2, 0.25) is 0 Å². The van der Waals surface area contributed by atoms with Gasteiger partial charge in [0.25, 0.3) is 0 Å². The summed E-state index contributed by atoms with van der Waals surface area (Å²) in [6.45, 7) is 3.60. The first kappa shape index (κ1) is 14.2. The molecule has 102 valence electrons. The molecule has 20 heavy (non-hydrogen) atoms. The van der Waals surface area contributed by atoms with Crippen molar-refractivity contribution in [3.05, 3.63) is 65.7 Å². The number of hydrogen-bond donors (Lipinski definition) is 1. The summed E-state index contributed by atoms with van der Waals surface area (Å²) in [6.07, 6.45) is 1.78. The van der Waals surface area contributed by atoms with Crippen LogP contribution in [0, 0.1) is 0 Å². The van der Waals surface area contributed by atoms with E-state index in [0.717, 1.165) is 27.8 Å². The Bertz CT molecular complexity index is 637. The zero-order chi connectivity index (χ0) is 14.5. The lowest BCUT2D eigenvalue weighted by Gasteiger charge is -2.06. The van der Waals surface area contributed by atoms with Gasteiger partial charge in [-0.25, -0.2) is 0 Å². The fourth-order valence-corrected chi connectivity index (χ4v) is 2.10. The predicted octanol–water partition coefficient (Wildman–Crippen LogP) is 3.95. The Balaban J connectivity index is 2.33. The van der Waals surface area contributed by atoms with E-state index in [0.29, 0.717) is 0 Å². The molecule has 2 aromatic carbocycles. The second-order valence-electron chi connectivity index (χ2n) is 4.78. The maximum Gasteiger partial charge on any atom is 0.159 e. The third kappa shape index (κ3) is 3.22. The van der Waals surface area contributed by atoms with Crippen molar-refractivity contribution < 1.29 is 9.90 Å². The van der Waals surface area contributed by atoms with E-state index in [1.54, 1.807) is 13.0 Å². The average Bonchev–Trinajstić information content (AvgIpc) is 2.48. The summed E-state index contributed by atoms with van der Waals surface area (Å²) in [5, 5.41) is 8.90. The number of hydrogen-bond acceptors (Lipinski definition) is 2. The van der Waals surface area contributed by atoms with Gasteiger partial charge in [0.1, 0.15) is 0 Å². The lowest BCUT2D eigenvalue weighted by Crippen LogP contribution is -1.91. The summed E-state index contributed by atoms with van der Waals surface area (Å²) < 4.78 is 0. The summed E-state index contributed by atoms with van der Waals surface area (Å²) in [7, 11) is 0. The van der Waals surface area contributed by atoms with E-state index in [1.807, 2.05) is 55.5 Å². The summed E-state index contributed by atoms with van der Waals surface area (Å²) >= 11 is 0. The minimum atomic E-state index is 0.0498. The van der Waals surface area contributed by atoms with Crippen LogP contribution in [0.2, 0.25) is 0 Å². The maximum absolute atomic E-state index is 11.4. The first-order chi connectivity index (χ1) is 9.61. The number of rotatable bonds is 4. The van der Waals surface area contributed by atoms with Crippen LogP contribution in [0.15, 0.2) is 54.6 Å². The molecular formula is C18H18O2. The van der Waals surface area contributed by atoms with E-state index in [1.165, 1.54) is 0 Å². The molecule has 0 saturated carbocycles. The van der Waals surface area contributed by atoms with E-state index in [4.69, 9.17) is 5.11 Å². The van der Waals surface area contributed by atoms with Gasteiger partial charge in [0, 0.05) is 5.56 Å². The number of ketones is 1. The average molecular weight is 266 g/mol. The Morgan fingerprint density at radius 1 is 1.00 bits per heavy atom. The molecule has 2 rings (SSSR count). The summed E-state index contributed by atoms with van der Waals surface area (Å²) in [6, 6.07) is 15.7. The molecule has 0 saturated heterocycles. The van der Waals surface area contributed by atoms with Crippen LogP contribution in [0.3, 0.4) is 0 Å². The molecule has 0 spiro atoms. The number of Topliss-reactive ketones (excluding diaryl/α,β-unsaturated/α-hetero) is 1. The van der Waals surface area contributed by atoms with E-state index in [2.05, 4.69) is 0 Å². The van der Waals surface area contributed by atoms with E-state index < -0.39 is 0 Å². The molecule has 1 N–H and O–H groups in total. The van der Waals surface area contributed by atoms with Crippen LogP contribution in [0.25, 0.3) is 16.7 Å². The highest BCUT2D eigenvalue weighted by Crippen LogP contribution is 2.23. The lowest BCUT2D eigenvalue weighted by molar-refractivity contribution is 0.101. The normalized spacial score (nSPS) is 11.4. The van der Waals surface area contributed by atoms with Crippen molar-refractivity contribution in [3.63, 3.8) is 0 Å². The number of aliphatic hydroxyl groups excluding tert-OH is 1. The fourth-order valence-electron chi connectivity index (χ4n) is 2.10. The minimum absolute atomic E-state index is 0.0498. The number of carbonyl (C=O) groups is 1. The second-order valence-corrected chi connectivity index (χ2v) is 4.78. The van der Waals surface area contributed by atoms with E-state index >= 15 is 0 Å². The molecular weight excluding hydrogens is 248 g/mol. The summed E-state index contributed by atoms with van der Waals surface area (Å²) in [5.41, 5.74) is 4.98. The fraction of sp³-hybridized carbons (Fsp3) is 0.167. The monoisotopic (exact) mass is 266 g/mol. The second kappa shape index (κ2) is 6.31. The van der Waals surface area contributed by atoms with Crippen LogP contribution in [-0.2, 0) is 0 Å². The molecule has 0 radical (unpaired) electrons. The third-order valence-electron chi connectivity index (χ3n) is 3.34. The molecule has 0 aromatic heterocycles. The van der Waals surface area contributed by atoms with Crippen molar-refractivity contribution >= 4 is 11.4 Å². The number of aliphatic hydroxyl groups is 1. The largest absolute Gasteiger partial charge is 0.392 e. The van der Waals surface area contributed by atoms with Crippen LogP contribution in [-0.4, -0.2) is 17.5 Å². The van der Waals surface area contributed by atoms with E-state index in [9.17, 15) is 4.79 Å². The Labute approximate surface area is 119 Å². The van der Waals surface area contributed by atoms with Crippen molar-refractivity contribution in [3.8, 4) is 11.1 Å². The van der Waals surface area contributed by atoms with Crippen molar-refractivity contribution in [2.45, 2.75) is 13.8 Å². The molecule has 0 atom stereocenters. The molecule has 2 aromatic rings. The minimum Gasteiger partial charge on any atom is -0.392 e. The van der Waals surface area contributed by atoms with Gasteiger partial charge in [-0.3, -0.25) is 4.79 Å². The smallest absolute Gasteiger partial charge is 0.159 e. The highest BCUT2D eigenvalue weighted by Gasteiger charge is 2.03. The Kier molecular flexibility index (Phi) is 4.49. The summed E-state index contributed by atoms with van der Waals surface area (Å²) in [4.78, 5) is 11.4. The molecule has 0 amide bonds. The van der Waals surface area contributed by atoms with Gasteiger partial charge in [-0.2, -0.15) is 0 Å². The van der Waals surface area contributed by atoms with Crippen LogP contribution in [0.5, 0.6) is 0 Å². The van der Waals surface area contributed by atoms with E-state index in [-0.39, 0.29) is 12.4 Å². The van der Waals surface area contributed by atoms with Crippen molar-refractivity contribution in [2.75, 3.05) is 6.61 Å². The van der Waals surface area contributed by atoms with Crippen LogP contribution < -0.4 is 0 Å². The first-order valence-electron chi connectivity index (χ1n) is 6.61. The molecule has 2 nitrogen and oxygen atoms in total. The third-order valence-corrected chi connectivity index (χ3v) is 3.34. The molecule has 0 heterocycles. The van der Waals surface area contributed by atoms with Gasteiger partial charge in [-0.15, -0.1) is 0 Å². The van der Waals surface area contributed by atoms with Crippen LogP contribution >= 0.6 is 0 Å². The molecule has 0 aliphatic carbocycles. The SMILES string of the molecule is CC(=O)c1cccc(-c2ccc(/C(C)=C\CO)cc2)c1. The van der Waals surface area contributed by atoms with Gasteiger partial charge in [0.15, 0.2) is 5.78 Å².